The summed E-state index contributed by atoms with van der Waals surface area (Å²) >= 11 is 0. The lowest BCUT2D eigenvalue weighted by atomic mass is 9.99. The van der Waals surface area contributed by atoms with Gasteiger partial charge in [-0.25, -0.2) is 0 Å². The highest BCUT2D eigenvalue weighted by atomic mass is 16.5. The van der Waals surface area contributed by atoms with Crippen molar-refractivity contribution in [2.45, 2.75) is 20.8 Å². The Kier molecular flexibility index (Phi) is 4.08. The normalized spacial score (nSPS) is 10.3. The van der Waals surface area contributed by atoms with E-state index in [0.29, 0.717) is 29.2 Å². The number of rotatable bonds is 4. The molecule has 0 radical (unpaired) electrons. The van der Waals surface area contributed by atoms with Crippen LogP contribution in [-0.4, -0.2) is 12.4 Å². The van der Waals surface area contributed by atoms with Gasteiger partial charge in [0.05, 0.1) is 12.3 Å². The molecule has 20 heavy (non-hydrogen) atoms. The Morgan fingerprint density at radius 2 is 1.70 bits per heavy atom. The third-order valence-electron chi connectivity index (χ3n) is 3.34. The van der Waals surface area contributed by atoms with Gasteiger partial charge in [0.1, 0.15) is 5.75 Å². The molecule has 2 aromatic carbocycles. The van der Waals surface area contributed by atoms with E-state index in [9.17, 15) is 4.79 Å². The Balaban J connectivity index is 2.33. The zero-order chi connectivity index (χ0) is 14.7. The second kappa shape index (κ2) is 5.78. The number of hydrogen-bond acceptors (Lipinski definition) is 3. The van der Waals surface area contributed by atoms with Crippen molar-refractivity contribution in [3.8, 4) is 5.75 Å². The SMILES string of the molecule is CCOc1ccc(C(=O)c2ccc(C)c(C)c2)cc1N. The van der Waals surface area contributed by atoms with Crippen molar-refractivity contribution in [3.05, 3.63) is 58.7 Å². The Hall–Kier alpha value is -2.29. The standard InChI is InChI=1S/C17H19NO2/c1-4-20-16-8-7-14(10-15(16)18)17(19)13-6-5-11(2)12(3)9-13/h5-10H,4,18H2,1-3H3. The summed E-state index contributed by atoms with van der Waals surface area (Å²) in [6.45, 7) is 6.47. The molecule has 0 heterocycles. The summed E-state index contributed by atoms with van der Waals surface area (Å²) in [4.78, 5) is 12.4. The number of nitrogens with two attached hydrogens (primary N) is 1. The average molecular weight is 269 g/mol. The zero-order valence-electron chi connectivity index (χ0n) is 12.1. The molecule has 0 bridgehead atoms. The van der Waals surface area contributed by atoms with Crippen molar-refractivity contribution in [1.29, 1.82) is 0 Å². The van der Waals surface area contributed by atoms with Crippen molar-refractivity contribution in [1.82, 2.24) is 0 Å². The summed E-state index contributed by atoms with van der Waals surface area (Å²) in [6.07, 6.45) is 0. The van der Waals surface area contributed by atoms with Gasteiger partial charge in [0.15, 0.2) is 5.78 Å². The highest BCUT2D eigenvalue weighted by Gasteiger charge is 2.12. The maximum atomic E-state index is 12.4. The smallest absolute Gasteiger partial charge is 0.193 e. The first kappa shape index (κ1) is 14.1. The monoisotopic (exact) mass is 269 g/mol. The fraction of sp³-hybridized carbons (Fsp3) is 0.235. The van der Waals surface area contributed by atoms with Crippen LogP contribution < -0.4 is 10.5 Å². The molecule has 0 spiro atoms. The highest BCUT2D eigenvalue weighted by molar-refractivity contribution is 6.09. The first-order chi connectivity index (χ1) is 9.52. The van der Waals surface area contributed by atoms with Crippen LogP contribution in [0.2, 0.25) is 0 Å². The van der Waals surface area contributed by atoms with Crippen LogP contribution in [0.1, 0.15) is 34.0 Å². The summed E-state index contributed by atoms with van der Waals surface area (Å²) in [6, 6.07) is 10.9. The predicted octanol–water partition coefficient (Wildman–Crippen LogP) is 3.52. The lowest BCUT2D eigenvalue weighted by molar-refractivity contribution is 0.103. The molecule has 0 fully saturated rings. The number of carbonyl (C=O) groups excluding carboxylic acids is 1. The number of ketones is 1. The van der Waals surface area contributed by atoms with E-state index in [1.807, 2.05) is 39.0 Å². The minimum absolute atomic E-state index is 0.0251. The van der Waals surface area contributed by atoms with Crippen molar-refractivity contribution in [2.24, 2.45) is 0 Å². The number of benzene rings is 2. The van der Waals surface area contributed by atoms with Crippen molar-refractivity contribution < 1.29 is 9.53 Å². The van der Waals surface area contributed by atoms with Crippen LogP contribution in [0.3, 0.4) is 0 Å². The van der Waals surface area contributed by atoms with Gasteiger partial charge >= 0.3 is 0 Å². The molecule has 3 nitrogen and oxygen atoms in total. The van der Waals surface area contributed by atoms with Crippen LogP contribution in [-0.2, 0) is 0 Å². The molecule has 2 N–H and O–H groups in total. The maximum Gasteiger partial charge on any atom is 0.193 e. The Labute approximate surface area is 119 Å². The van der Waals surface area contributed by atoms with Gasteiger partial charge in [0.25, 0.3) is 0 Å². The van der Waals surface area contributed by atoms with Crippen molar-refractivity contribution >= 4 is 11.5 Å². The summed E-state index contributed by atoms with van der Waals surface area (Å²) in [5.41, 5.74) is 9.92. The molecular weight excluding hydrogens is 250 g/mol. The van der Waals surface area contributed by atoms with Gasteiger partial charge in [-0.2, -0.15) is 0 Å². The van der Waals surface area contributed by atoms with Crippen molar-refractivity contribution in [2.75, 3.05) is 12.3 Å². The number of nitrogen functional groups attached to an aromatic ring is 1. The van der Waals surface area contributed by atoms with Gasteiger partial charge in [0.2, 0.25) is 0 Å². The quantitative estimate of drug-likeness (QED) is 0.682. The lowest BCUT2D eigenvalue weighted by Crippen LogP contribution is -2.04. The molecule has 3 heteroatoms. The molecule has 0 saturated heterocycles. The highest BCUT2D eigenvalue weighted by Crippen LogP contribution is 2.24. The van der Waals surface area contributed by atoms with E-state index in [2.05, 4.69) is 0 Å². The summed E-state index contributed by atoms with van der Waals surface area (Å²) in [5, 5.41) is 0. The molecule has 0 aliphatic rings. The van der Waals surface area contributed by atoms with Crippen LogP contribution >= 0.6 is 0 Å². The molecule has 2 rings (SSSR count). The van der Waals surface area contributed by atoms with E-state index in [1.54, 1.807) is 18.2 Å². The second-order valence-electron chi connectivity index (χ2n) is 4.81. The van der Waals surface area contributed by atoms with Gasteiger partial charge in [-0.05, 0) is 56.2 Å². The third kappa shape index (κ3) is 2.82. The van der Waals surface area contributed by atoms with E-state index in [1.165, 1.54) is 5.56 Å². The molecular formula is C17H19NO2. The fourth-order valence-corrected chi connectivity index (χ4v) is 2.03. The molecule has 104 valence electrons. The largest absolute Gasteiger partial charge is 0.492 e. The van der Waals surface area contributed by atoms with Crippen LogP contribution in [0.25, 0.3) is 0 Å². The van der Waals surface area contributed by atoms with E-state index in [4.69, 9.17) is 10.5 Å². The summed E-state index contributed by atoms with van der Waals surface area (Å²) < 4.78 is 5.38. The Morgan fingerprint density at radius 1 is 1.05 bits per heavy atom. The summed E-state index contributed by atoms with van der Waals surface area (Å²) in [5.74, 6) is 0.590. The number of anilines is 1. The third-order valence-corrected chi connectivity index (χ3v) is 3.34. The van der Waals surface area contributed by atoms with Gasteiger partial charge in [-0.15, -0.1) is 0 Å². The number of hydrogen-bond donors (Lipinski definition) is 1. The van der Waals surface area contributed by atoms with Gasteiger partial charge in [0, 0.05) is 11.1 Å². The molecule has 2 aromatic rings. The van der Waals surface area contributed by atoms with Crippen LogP contribution in [0.4, 0.5) is 5.69 Å². The van der Waals surface area contributed by atoms with Gasteiger partial charge in [-0.1, -0.05) is 12.1 Å². The first-order valence-corrected chi connectivity index (χ1v) is 6.67. The predicted molar refractivity (Wildman–Crippen MR) is 81.4 cm³/mol. The summed E-state index contributed by atoms with van der Waals surface area (Å²) in [7, 11) is 0. The minimum atomic E-state index is -0.0251. The number of aryl methyl sites for hydroxylation is 2. The second-order valence-corrected chi connectivity index (χ2v) is 4.81. The van der Waals surface area contributed by atoms with E-state index >= 15 is 0 Å². The molecule has 0 aliphatic heterocycles. The number of ether oxygens (including phenoxy) is 1. The van der Waals surface area contributed by atoms with Crippen LogP contribution in [0.5, 0.6) is 5.75 Å². The Morgan fingerprint density at radius 3 is 2.30 bits per heavy atom. The minimum Gasteiger partial charge on any atom is -0.492 e. The zero-order valence-corrected chi connectivity index (χ0v) is 12.1. The molecule has 0 amide bonds. The Bertz CT molecular complexity index is 647. The fourth-order valence-electron chi connectivity index (χ4n) is 2.03. The van der Waals surface area contributed by atoms with E-state index in [-0.39, 0.29) is 5.78 Å². The van der Waals surface area contributed by atoms with Gasteiger partial charge in [-0.3, -0.25) is 4.79 Å². The first-order valence-electron chi connectivity index (χ1n) is 6.67. The lowest BCUT2D eigenvalue weighted by Gasteiger charge is -2.09. The van der Waals surface area contributed by atoms with Crippen LogP contribution in [0.15, 0.2) is 36.4 Å². The maximum absolute atomic E-state index is 12.4. The van der Waals surface area contributed by atoms with Crippen molar-refractivity contribution in [3.63, 3.8) is 0 Å². The average Bonchev–Trinajstić information content (AvgIpc) is 2.43. The van der Waals surface area contributed by atoms with Gasteiger partial charge < -0.3 is 10.5 Å². The van der Waals surface area contributed by atoms with Crippen LogP contribution in [0, 0.1) is 13.8 Å². The molecule has 0 unspecified atom stereocenters. The molecule has 0 aromatic heterocycles. The van der Waals surface area contributed by atoms with E-state index < -0.39 is 0 Å². The topological polar surface area (TPSA) is 52.3 Å². The van der Waals surface area contributed by atoms with E-state index in [0.717, 1.165) is 5.56 Å². The molecule has 0 atom stereocenters. The molecule has 0 aliphatic carbocycles. The molecule has 0 saturated carbocycles. The number of carbonyl (C=O) groups is 1.